The fourth-order valence-corrected chi connectivity index (χ4v) is 3.68. The van der Waals surface area contributed by atoms with Gasteiger partial charge in [-0.25, -0.2) is 4.98 Å². The molecule has 140 valence electrons. The average Bonchev–Trinajstić information content (AvgIpc) is 2.73. The number of anilines is 1. The number of para-hydroxylation sites is 1. The van der Waals surface area contributed by atoms with Crippen molar-refractivity contribution in [1.82, 2.24) is 14.9 Å². The summed E-state index contributed by atoms with van der Waals surface area (Å²) in [5.74, 6) is 0.843. The zero-order valence-corrected chi connectivity index (χ0v) is 15.8. The van der Waals surface area contributed by atoms with Gasteiger partial charge in [-0.1, -0.05) is 25.5 Å². The van der Waals surface area contributed by atoms with E-state index < -0.39 is 0 Å². The first-order chi connectivity index (χ1) is 13.3. The molecule has 0 amide bonds. The second-order valence-corrected chi connectivity index (χ2v) is 7.04. The summed E-state index contributed by atoms with van der Waals surface area (Å²) >= 11 is 0. The van der Waals surface area contributed by atoms with Gasteiger partial charge in [0.15, 0.2) is 0 Å². The van der Waals surface area contributed by atoms with Gasteiger partial charge in [-0.15, -0.1) is 0 Å². The first-order valence-corrected chi connectivity index (χ1v) is 9.84. The molecule has 0 spiro atoms. The third-order valence-corrected chi connectivity index (χ3v) is 5.19. The van der Waals surface area contributed by atoms with Crippen LogP contribution in [0.2, 0.25) is 0 Å². The van der Waals surface area contributed by atoms with Crippen LogP contribution in [-0.4, -0.2) is 35.7 Å². The van der Waals surface area contributed by atoms with E-state index in [0.717, 1.165) is 62.5 Å². The summed E-state index contributed by atoms with van der Waals surface area (Å²) in [5, 5.41) is 4.05. The van der Waals surface area contributed by atoms with Crippen LogP contribution in [0.15, 0.2) is 53.3 Å². The van der Waals surface area contributed by atoms with E-state index in [1.807, 2.05) is 36.4 Å². The highest BCUT2D eigenvalue weighted by molar-refractivity contribution is 5.77. The Hall–Kier alpha value is -2.66. The van der Waals surface area contributed by atoms with Crippen molar-refractivity contribution in [3.63, 3.8) is 0 Å². The Morgan fingerprint density at radius 3 is 2.44 bits per heavy atom. The van der Waals surface area contributed by atoms with Crippen LogP contribution in [0.1, 0.15) is 25.6 Å². The van der Waals surface area contributed by atoms with Gasteiger partial charge in [-0.2, -0.15) is 0 Å². The van der Waals surface area contributed by atoms with Crippen molar-refractivity contribution in [2.24, 2.45) is 0 Å². The number of hydrogen-bond acceptors (Lipinski definition) is 4. The zero-order valence-electron chi connectivity index (χ0n) is 15.8. The van der Waals surface area contributed by atoms with Gasteiger partial charge in [0, 0.05) is 38.3 Å². The maximum atomic E-state index is 13.2. The molecular formula is C22H26N4O. The molecule has 3 aromatic rings. The molecule has 0 radical (unpaired) electrons. The smallest absolute Gasteiger partial charge is 0.265 e. The van der Waals surface area contributed by atoms with Crippen LogP contribution in [0.5, 0.6) is 0 Å². The first-order valence-electron chi connectivity index (χ1n) is 9.84. The van der Waals surface area contributed by atoms with E-state index in [0.29, 0.717) is 5.39 Å². The van der Waals surface area contributed by atoms with Gasteiger partial charge >= 0.3 is 0 Å². The number of benzene rings is 2. The van der Waals surface area contributed by atoms with E-state index in [1.165, 1.54) is 5.69 Å². The van der Waals surface area contributed by atoms with Gasteiger partial charge in [0.2, 0.25) is 0 Å². The third-order valence-electron chi connectivity index (χ3n) is 5.19. The van der Waals surface area contributed by atoms with Crippen molar-refractivity contribution >= 4 is 16.6 Å². The molecule has 0 aliphatic carbocycles. The molecule has 0 saturated carbocycles. The van der Waals surface area contributed by atoms with Gasteiger partial charge in [-0.05, 0) is 42.8 Å². The fourth-order valence-electron chi connectivity index (χ4n) is 3.68. The molecule has 4 rings (SSSR count). The molecule has 0 atom stereocenters. The Balaban J connectivity index is 1.77. The van der Waals surface area contributed by atoms with Crippen molar-refractivity contribution in [1.29, 1.82) is 0 Å². The summed E-state index contributed by atoms with van der Waals surface area (Å²) in [5.41, 5.74) is 2.89. The standard InChI is InChI=1S/C22H26N4O/c1-2-3-8-21-24-20-7-5-4-6-19(20)22(27)26(21)18-11-9-17(10-12-18)25-15-13-23-14-16-25/h4-7,9-12,23H,2-3,8,13-16H2,1H3. The van der Waals surface area contributed by atoms with E-state index >= 15 is 0 Å². The quantitative estimate of drug-likeness (QED) is 0.758. The average molecular weight is 362 g/mol. The number of nitrogens with one attached hydrogen (secondary N) is 1. The number of aryl methyl sites for hydroxylation is 1. The largest absolute Gasteiger partial charge is 0.369 e. The van der Waals surface area contributed by atoms with Crippen LogP contribution in [-0.2, 0) is 6.42 Å². The van der Waals surface area contributed by atoms with Crippen LogP contribution >= 0.6 is 0 Å². The number of piperazine rings is 1. The number of unbranched alkanes of at least 4 members (excludes halogenated alkanes) is 1. The fraction of sp³-hybridized carbons (Fsp3) is 0.364. The Labute approximate surface area is 159 Å². The maximum Gasteiger partial charge on any atom is 0.265 e. The zero-order chi connectivity index (χ0) is 18.6. The highest BCUT2D eigenvalue weighted by atomic mass is 16.1. The monoisotopic (exact) mass is 362 g/mol. The lowest BCUT2D eigenvalue weighted by Crippen LogP contribution is -2.43. The summed E-state index contributed by atoms with van der Waals surface area (Å²) in [6, 6.07) is 15.9. The molecule has 1 aliphatic heterocycles. The molecule has 1 fully saturated rings. The lowest BCUT2D eigenvalue weighted by atomic mass is 10.2. The molecule has 0 bridgehead atoms. The normalized spacial score (nSPS) is 14.6. The molecule has 5 heteroatoms. The molecule has 2 aromatic carbocycles. The Bertz CT molecular complexity index is 972. The van der Waals surface area contributed by atoms with E-state index in [4.69, 9.17) is 4.98 Å². The van der Waals surface area contributed by atoms with E-state index in [-0.39, 0.29) is 5.56 Å². The van der Waals surface area contributed by atoms with Crippen LogP contribution < -0.4 is 15.8 Å². The number of aromatic nitrogens is 2. The lowest BCUT2D eigenvalue weighted by Gasteiger charge is -2.29. The summed E-state index contributed by atoms with van der Waals surface area (Å²) in [7, 11) is 0. The summed E-state index contributed by atoms with van der Waals surface area (Å²) in [6.07, 6.45) is 2.89. The molecule has 5 nitrogen and oxygen atoms in total. The van der Waals surface area contributed by atoms with Crippen LogP contribution in [0.25, 0.3) is 16.6 Å². The Morgan fingerprint density at radius 1 is 1.00 bits per heavy atom. The van der Waals surface area contributed by atoms with E-state index in [2.05, 4.69) is 29.3 Å². The van der Waals surface area contributed by atoms with Gasteiger partial charge in [0.25, 0.3) is 5.56 Å². The highest BCUT2D eigenvalue weighted by Crippen LogP contribution is 2.20. The minimum atomic E-state index is 0.0154. The van der Waals surface area contributed by atoms with Crippen LogP contribution in [0.4, 0.5) is 5.69 Å². The molecular weight excluding hydrogens is 336 g/mol. The van der Waals surface area contributed by atoms with E-state index in [9.17, 15) is 4.79 Å². The van der Waals surface area contributed by atoms with Crippen molar-refractivity contribution < 1.29 is 0 Å². The molecule has 0 unspecified atom stereocenters. The third kappa shape index (κ3) is 3.60. The molecule has 27 heavy (non-hydrogen) atoms. The molecule has 2 heterocycles. The van der Waals surface area contributed by atoms with Gasteiger partial charge in [-0.3, -0.25) is 9.36 Å². The topological polar surface area (TPSA) is 50.2 Å². The predicted molar refractivity (Wildman–Crippen MR) is 111 cm³/mol. The first kappa shape index (κ1) is 17.7. The van der Waals surface area contributed by atoms with Crippen LogP contribution in [0, 0.1) is 0 Å². The maximum absolute atomic E-state index is 13.2. The summed E-state index contributed by atoms with van der Waals surface area (Å²) in [4.78, 5) is 20.4. The Kier molecular flexibility index (Phi) is 5.21. The second kappa shape index (κ2) is 7.92. The van der Waals surface area contributed by atoms with Crippen LogP contribution in [0.3, 0.4) is 0 Å². The number of rotatable bonds is 5. The number of nitrogens with zero attached hydrogens (tertiary/aromatic N) is 3. The summed E-state index contributed by atoms with van der Waals surface area (Å²) in [6.45, 7) is 6.21. The van der Waals surface area contributed by atoms with Gasteiger partial charge in [0.1, 0.15) is 5.82 Å². The summed E-state index contributed by atoms with van der Waals surface area (Å²) < 4.78 is 1.79. The van der Waals surface area contributed by atoms with Gasteiger partial charge < -0.3 is 10.2 Å². The lowest BCUT2D eigenvalue weighted by molar-refractivity contribution is 0.589. The SMILES string of the molecule is CCCCc1nc2ccccc2c(=O)n1-c1ccc(N2CCNCC2)cc1. The highest BCUT2D eigenvalue weighted by Gasteiger charge is 2.14. The number of fused-ring (bicyclic) bond motifs is 1. The van der Waals surface area contributed by atoms with E-state index in [1.54, 1.807) is 4.57 Å². The second-order valence-electron chi connectivity index (χ2n) is 7.04. The van der Waals surface area contributed by atoms with Crippen molar-refractivity contribution in [2.75, 3.05) is 31.1 Å². The van der Waals surface area contributed by atoms with Crippen molar-refractivity contribution in [3.8, 4) is 5.69 Å². The minimum Gasteiger partial charge on any atom is -0.369 e. The molecule has 1 saturated heterocycles. The number of hydrogen-bond donors (Lipinski definition) is 1. The minimum absolute atomic E-state index is 0.0154. The molecule has 1 N–H and O–H groups in total. The molecule has 1 aromatic heterocycles. The predicted octanol–water partition coefficient (Wildman–Crippen LogP) is 3.14. The Morgan fingerprint density at radius 2 is 1.70 bits per heavy atom. The van der Waals surface area contributed by atoms with Crippen molar-refractivity contribution in [2.45, 2.75) is 26.2 Å². The molecule has 1 aliphatic rings. The van der Waals surface area contributed by atoms with Crippen molar-refractivity contribution in [3.05, 3.63) is 64.7 Å². The van der Waals surface area contributed by atoms with Gasteiger partial charge in [0.05, 0.1) is 16.6 Å².